The molecule has 1 fully saturated rings. The van der Waals surface area contributed by atoms with E-state index in [4.69, 9.17) is 5.73 Å². The van der Waals surface area contributed by atoms with Crippen LogP contribution < -0.4 is 5.73 Å². The van der Waals surface area contributed by atoms with E-state index >= 15 is 0 Å². The van der Waals surface area contributed by atoms with E-state index in [0.717, 1.165) is 25.1 Å². The van der Waals surface area contributed by atoms with Gasteiger partial charge in [0.2, 0.25) is 5.82 Å². The summed E-state index contributed by atoms with van der Waals surface area (Å²) in [6.07, 6.45) is 0.940. The third-order valence-electron chi connectivity index (χ3n) is 2.92. The van der Waals surface area contributed by atoms with Crippen molar-refractivity contribution in [3.63, 3.8) is 0 Å². The van der Waals surface area contributed by atoms with Gasteiger partial charge in [-0.3, -0.25) is 15.0 Å². The summed E-state index contributed by atoms with van der Waals surface area (Å²) in [6.45, 7) is 2.26. The zero-order valence-corrected chi connectivity index (χ0v) is 9.30. The molecule has 0 aromatic heterocycles. The second-order valence-electron chi connectivity index (χ2n) is 4.33. The summed E-state index contributed by atoms with van der Waals surface area (Å²) in [5, 5.41) is 10.5. The molecule has 0 unspecified atom stereocenters. The fourth-order valence-corrected chi connectivity index (χ4v) is 2.06. The van der Waals surface area contributed by atoms with Gasteiger partial charge in [-0.2, -0.15) is 4.39 Å². The van der Waals surface area contributed by atoms with Crippen LogP contribution in [0.1, 0.15) is 12.0 Å². The Morgan fingerprint density at radius 2 is 2.35 bits per heavy atom. The summed E-state index contributed by atoms with van der Waals surface area (Å²) in [5.41, 5.74) is 6.03. The molecular weight excluding hydrogens is 225 g/mol. The van der Waals surface area contributed by atoms with E-state index in [1.54, 1.807) is 6.07 Å². The lowest BCUT2D eigenvalue weighted by Crippen LogP contribution is -2.26. The fourth-order valence-electron chi connectivity index (χ4n) is 2.06. The summed E-state index contributed by atoms with van der Waals surface area (Å²) < 4.78 is 13.4. The van der Waals surface area contributed by atoms with Gasteiger partial charge in [-0.15, -0.1) is 0 Å². The minimum Gasteiger partial charge on any atom is -0.326 e. The lowest BCUT2D eigenvalue weighted by Gasteiger charge is -2.14. The molecule has 1 aromatic carbocycles. The van der Waals surface area contributed by atoms with Crippen molar-refractivity contribution < 1.29 is 9.31 Å². The molecule has 0 bridgehead atoms. The average molecular weight is 239 g/mol. The first-order valence-electron chi connectivity index (χ1n) is 5.47. The zero-order valence-electron chi connectivity index (χ0n) is 9.30. The predicted octanol–water partition coefficient (Wildman–Crippen LogP) is 1.27. The number of nitrogens with two attached hydrogens (primary N) is 1. The number of nitrogens with zero attached hydrogens (tertiary/aromatic N) is 2. The van der Waals surface area contributed by atoms with Crippen LogP contribution in [0, 0.1) is 15.9 Å². The quantitative estimate of drug-likeness (QED) is 0.636. The van der Waals surface area contributed by atoms with E-state index in [0.29, 0.717) is 6.54 Å². The Labute approximate surface area is 98.2 Å². The highest BCUT2D eigenvalue weighted by Gasteiger charge is 2.20. The molecule has 17 heavy (non-hydrogen) atoms. The van der Waals surface area contributed by atoms with Crippen molar-refractivity contribution in [2.75, 3.05) is 13.1 Å². The van der Waals surface area contributed by atoms with E-state index in [2.05, 4.69) is 4.90 Å². The molecule has 92 valence electrons. The van der Waals surface area contributed by atoms with Crippen molar-refractivity contribution in [1.82, 2.24) is 4.90 Å². The van der Waals surface area contributed by atoms with Crippen molar-refractivity contribution in [1.29, 1.82) is 0 Å². The molecular formula is C11H14FN3O2. The minimum atomic E-state index is -0.781. The Hall–Kier alpha value is -1.53. The van der Waals surface area contributed by atoms with Crippen molar-refractivity contribution >= 4 is 5.69 Å². The first-order chi connectivity index (χ1) is 8.06. The third-order valence-corrected chi connectivity index (χ3v) is 2.92. The molecule has 0 amide bonds. The Morgan fingerprint density at radius 3 is 2.88 bits per heavy atom. The second kappa shape index (κ2) is 4.77. The number of hydrogen-bond donors (Lipinski definition) is 1. The molecule has 1 aliphatic rings. The molecule has 6 heteroatoms. The lowest BCUT2D eigenvalue weighted by atomic mass is 10.2. The van der Waals surface area contributed by atoms with Crippen LogP contribution in [0.15, 0.2) is 18.2 Å². The number of likely N-dealkylation sites (tertiary alicyclic amines) is 1. The number of benzene rings is 1. The molecule has 1 saturated heterocycles. The fraction of sp³-hybridized carbons (Fsp3) is 0.455. The van der Waals surface area contributed by atoms with E-state index in [1.807, 2.05) is 0 Å². The van der Waals surface area contributed by atoms with Crippen molar-refractivity contribution in [3.05, 3.63) is 39.7 Å². The molecule has 0 saturated carbocycles. The van der Waals surface area contributed by atoms with Gasteiger partial charge in [0.15, 0.2) is 0 Å². The first-order valence-corrected chi connectivity index (χ1v) is 5.47. The Bertz CT molecular complexity index is 439. The van der Waals surface area contributed by atoms with Crippen molar-refractivity contribution in [2.45, 2.75) is 19.0 Å². The second-order valence-corrected chi connectivity index (χ2v) is 4.33. The Balaban J connectivity index is 2.07. The highest BCUT2D eigenvalue weighted by molar-refractivity contribution is 5.35. The summed E-state index contributed by atoms with van der Waals surface area (Å²) in [4.78, 5) is 11.9. The summed E-state index contributed by atoms with van der Waals surface area (Å²) >= 11 is 0. The number of nitro benzene ring substituents is 1. The standard InChI is InChI=1S/C11H14FN3O2/c12-10-5-8(1-2-11(10)15(16)17)6-14-4-3-9(13)7-14/h1-2,5,9H,3-4,6-7,13H2/t9-/m1/s1. The van der Waals surface area contributed by atoms with Crippen LogP contribution in [0.25, 0.3) is 0 Å². The van der Waals surface area contributed by atoms with Crippen LogP contribution in [-0.2, 0) is 6.54 Å². The van der Waals surface area contributed by atoms with Gasteiger partial charge in [0.05, 0.1) is 4.92 Å². The zero-order chi connectivity index (χ0) is 12.4. The van der Waals surface area contributed by atoms with Gasteiger partial charge in [-0.05, 0) is 18.1 Å². The number of hydrogen-bond acceptors (Lipinski definition) is 4. The van der Waals surface area contributed by atoms with Crippen LogP contribution in [0.5, 0.6) is 0 Å². The van der Waals surface area contributed by atoms with E-state index in [-0.39, 0.29) is 6.04 Å². The maximum Gasteiger partial charge on any atom is 0.304 e. The van der Waals surface area contributed by atoms with Gasteiger partial charge in [-0.25, -0.2) is 0 Å². The molecule has 2 rings (SSSR count). The van der Waals surface area contributed by atoms with Gasteiger partial charge >= 0.3 is 5.69 Å². The smallest absolute Gasteiger partial charge is 0.304 e. The lowest BCUT2D eigenvalue weighted by molar-refractivity contribution is -0.387. The highest BCUT2D eigenvalue weighted by atomic mass is 19.1. The van der Waals surface area contributed by atoms with Gasteiger partial charge < -0.3 is 5.73 Å². The number of halogens is 1. The van der Waals surface area contributed by atoms with Crippen LogP contribution in [0.2, 0.25) is 0 Å². The molecule has 1 aliphatic heterocycles. The van der Waals surface area contributed by atoms with Gasteiger partial charge in [-0.1, -0.05) is 6.07 Å². The monoisotopic (exact) mass is 239 g/mol. The summed E-state index contributed by atoms with van der Waals surface area (Å²) in [7, 11) is 0. The van der Waals surface area contributed by atoms with Crippen molar-refractivity contribution in [2.24, 2.45) is 5.73 Å². The Kier molecular flexibility index (Phi) is 3.35. The average Bonchev–Trinajstić information content (AvgIpc) is 2.63. The van der Waals surface area contributed by atoms with Crippen LogP contribution >= 0.6 is 0 Å². The molecule has 0 spiro atoms. The summed E-state index contributed by atoms with van der Waals surface area (Å²) in [6, 6.07) is 4.20. The molecule has 1 atom stereocenters. The van der Waals surface area contributed by atoms with E-state index < -0.39 is 16.4 Å². The van der Waals surface area contributed by atoms with E-state index in [9.17, 15) is 14.5 Å². The van der Waals surface area contributed by atoms with Gasteiger partial charge in [0.1, 0.15) is 0 Å². The maximum absolute atomic E-state index is 13.4. The predicted molar refractivity (Wildman–Crippen MR) is 60.9 cm³/mol. The normalized spacial score (nSPS) is 20.7. The first kappa shape index (κ1) is 11.9. The summed E-state index contributed by atoms with van der Waals surface area (Å²) in [5.74, 6) is -0.781. The third kappa shape index (κ3) is 2.78. The number of nitro groups is 1. The molecule has 0 radical (unpaired) electrons. The van der Waals surface area contributed by atoms with Crippen LogP contribution in [0.4, 0.5) is 10.1 Å². The highest BCUT2D eigenvalue weighted by Crippen LogP contribution is 2.20. The van der Waals surface area contributed by atoms with E-state index in [1.165, 1.54) is 12.1 Å². The Morgan fingerprint density at radius 1 is 1.59 bits per heavy atom. The number of rotatable bonds is 3. The maximum atomic E-state index is 13.4. The molecule has 2 N–H and O–H groups in total. The largest absolute Gasteiger partial charge is 0.326 e. The van der Waals surface area contributed by atoms with Crippen LogP contribution in [-0.4, -0.2) is 29.0 Å². The van der Waals surface area contributed by atoms with Crippen LogP contribution in [0.3, 0.4) is 0 Å². The van der Waals surface area contributed by atoms with Gasteiger partial charge in [0, 0.05) is 31.7 Å². The molecule has 5 nitrogen and oxygen atoms in total. The molecule has 0 aliphatic carbocycles. The topological polar surface area (TPSA) is 72.4 Å². The van der Waals surface area contributed by atoms with Gasteiger partial charge in [0.25, 0.3) is 0 Å². The molecule has 1 heterocycles. The molecule has 1 aromatic rings. The van der Waals surface area contributed by atoms with Crippen molar-refractivity contribution in [3.8, 4) is 0 Å². The minimum absolute atomic E-state index is 0.179. The SMILES string of the molecule is N[C@@H]1CCN(Cc2ccc([N+](=O)[O-])c(F)c2)C1.